The number of hydrogen-bond donors (Lipinski definition) is 0. The van der Waals surface area contributed by atoms with Gasteiger partial charge in [0, 0.05) is 16.5 Å². The van der Waals surface area contributed by atoms with Crippen molar-refractivity contribution in [3.8, 4) is 0 Å². The topological polar surface area (TPSA) is 150 Å². The highest BCUT2D eigenvalue weighted by Gasteiger charge is 2.38. The van der Waals surface area contributed by atoms with Gasteiger partial charge in [0.1, 0.15) is 0 Å². The molecule has 0 atom stereocenters. The van der Waals surface area contributed by atoms with Gasteiger partial charge < -0.3 is 0 Å². The summed E-state index contributed by atoms with van der Waals surface area (Å²) in [6.45, 7) is 21.1. The van der Waals surface area contributed by atoms with Crippen LogP contribution in [0.25, 0.3) is 0 Å². The Bertz CT molecular complexity index is 1670. The quantitative estimate of drug-likeness (QED) is 0.366. The fourth-order valence-electron chi connectivity index (χ4n) is 4.93. The van der Waals surface area contributed by atoms with Crippen LogP contribution in [0, 0.1) is 5.41 Å². The molecule has 2 aromatic carbocycles. The first-order valence-corrected chi connectivity index (χ1v) is 16.5. The van der Waals surface area contributed by atoms with Crippen molar-refractivity contribution < 1.29 is 14.4 Å². The summed E-state index contributed by atoms with van der Waals surface area (Å²) >= 11 is 0. The monoisotopic (exact) mass is 669 g/mol. The molecule has 2 aromatic rings. The first kappa shape index (κ1) is 35.0. The lowest BCUT2D eigenvalue weighted by atomic mass is 9.95. The summed E-state index contributed by atoms with van der Waals surface area (Å²) in [5.41, 5.74) is 15.6. The summed E-state index contributed by atoms with van der Waals surface area (Å²) in [5.74, 6) is 1.23. The van der Waals surface area contributed by atoms with Crippen LogP contribution in [0.5, 0.6) is 0 Å². The van der Waals surface area contributed by atoms with Gasteiger partial charge in [-0.25, -0.2) is 34.4 Å². The summed E-state index contributed by atoms with van der Waals surface area (Å²) in [6.07, 6.45) is 0. The Kier molecular flexibility index (Phi) is 9.48. The standard InChI is InChI=1S/C34H45N12O3/c1-20(2)41-31(47)42(21(3)4)36-28(35-41)24-12-16-26(17-13-24)45-33(49)46(40-30(39-45)34(9,10)11)27-18-14-25(15-19-27)29-37-43(22(5)6)32(48)44(38-29)23(7)8/h12-23H,1-11H3. The molecule has 0 saturated carbocycles. The summed E-state index contributed by atoms with van der Waals surface area (Å²) in [4.78, 5) is 39.7. The molecular weight excluding hydrogens is 624 g/mol. The molecule has 0 fully saturated rings. The van der Waals surface area contributed by atoms with Crippen molar-refractivity contribution in [2.24, 2.45) is 20.7 Å². The summed E-state index contributed by atoms with van der Waals surface area (Å²) < 4.78 is 0. The number of anilines is 2. The van der Waals surface area contributed by atoms with E-state index in [9.17, 15) is 14.4 Å². The maximum Gasteiger partial charge on any atom is 0.370 e. The van der Waals surface area contributed by atoms with Gasteiger partial charge in [-0.1, -0.05) is 20.8 Å². The molecule has 6 amide bonds. The first-order valence-electron chi connectivity index (χ1n) is 16.5. The number of rotatable bonds is 8. The SMILES string of the molecule is CC(C)N1[N]C(c2ccc(N3[N]C(C(C)(C)C)=NN(c4ccc(C5=NN(C(C)C)C(=O)N(C(C)C)[N]5)cc4)C3=O)cc2)=NN(C(C)C)C1=O. The second kappa shape index (κ2) is 13.3. The molecule has 0 bridgehead atoms. The predicted octanol–water partition coefficient (Wildman–Crippen LogP) is 5.48. The summed E-state index contributed by atoms with van der Waals surface area (Å²) in [7, 11) is 0. The fraction of sp³-hybridized carbons (Fsp3) is 0.471. The first-order chi connectivity index (χ1) is 23.0. The van der Waals surface area contributed by atoms with Crippen LogP contribution < -0.4 is 26.3 Å². The van der Waals surface area contributed by atoms with Crippen molar-refractivity contribution in [1.82, 2.24) is 36.3 Å². The number of amidine groups is 3. The van der Waals surface area contributed by atoms with Gasteiger partial charge in [0.05, 0.1) is 35.5 Å². The number of amides is 6. The molecule has 49 heavy (non-hydrogen) atoms. The Morgan fingerprint density at radius 1 is 0.469 bits per heavy atom. The van der Waals surface area contributed by atoms with Gasteiger partial charge in [-0.3, -0.25) is 0 Å². The van der Waals surface area contributed by atoms with E-state index in [0.717, 1.165) is 0 Å². The van der Waals surface area contributed by atoms with Crippen molar-refractivity contribution in [3.63, 3.8) is 0 Å². The summed E-state index contributed by atoms with van der Waals surface area (Å²) in [6, 6.07) is 12.6. The van der Waals surface area contributed by atoms with Crippen molar-refractivity contribution in [1.29, 1.82) is 0 Å². The largest absolute Gasteiger partial charge is 0.370 e. The van der Waals surface area contributed by atoms with Crippen molar-refractivity contribution >= 4 is 47.0 Å². The molecule has 5 rings (SSSR count). The number of carbonyl (C=O) groups excluding carboxylic acids is 3. The van der Waals surface area contributed by atoms with E-state index in [1.165, 1.54) is 30.1 Å². The Morgan fingerprint density at radius 3 is 1.18 bits per heavy atom. The van der Waals surface area contributed by atoms with Gasteiger partial charge in [-0.2, -0.15) is 10.0 Å². The number of carbonyl (C=O) groups is 3. The average Bonchev–Trinajstić information content (AvgIpc) is 3.04. The molecule has 0 saturated heterocycles. The molecule has 3 aliphatic rings. The lowest BCUT2D eigenvalue weighted by Crippen LogP contribution is -2.56. The van der Waals surface area contributed by atoms with Gasteiger partial charge in [0.2, 0.25) is 0 Å². The van der Waals surface area contributed by atoms with Crippen LogP contribution in [-0.2, 0) is 0 Å². The van der Waals surface area contributed by atoms with E-state index in [-0.39, 0.29) is 36.2 Å². The molecule has 0 aromatic heterocycles. The molecule has 259 valence electrons. The van der Waals surface area contributed by atoms with E-state index in [2.05, 4.69) is 31.6 Å². The Labute approximate surface area is 288 Å². The zero-order valence-corrected chi connectivity index (χ0v) is 30.0. The maximum atomic E-state index is 14.0. The van der Waals surface area contributed by atoms with Crippen LogP contribution in [0.15, 0.2) is 63.8 Å². The number of benzene rings is 2. The molecule has 3 radical (unpaired) electrons. The lowest BCUT2D eigenvalue weighted by molar-refractivity contribution is 0.103. The van der Waals surface area contributed by atoms with Gasteiger partial charge in [0.15, 0.2) is 17.5 Å². The zero-order valence-electron chi connectivity index (χ0n) is 30.0. The molecule has 15 nitrogen and oxygen atoms in total. The molecule has 0 N–H and O–H groups in total. The highest BCUT2D eigenvalue weighted by molar-refractivity contribution is 6.10. The van der Waals surface area contributed by atoms with Gasteiger partial charge in [-0.15, -0.1) is 31.6 Å². The van der Waals surface area contributed by atoms with E-state index in [1.807, 2.05) is 76.2 Å². The van der Waals surface area contributed by atoms with E-state index >= 15 is 0 Å². The second-order valence-electron chi connectivity index (χ2n) is 14.1. The molecule has 0 spiro atoms. The lowest BCUT2D eigenvalue weighted by Gasteiger charge is -2.36. The minimum Gasteiger partial charge on any atom is -0.244 e. The third-order valence-corrected chi connectivity index (χ3v) is 7.71. The van der Waals surface area contributed by atoms with Crippen LogP contribution in [-0.4, -0.2) is 79.8 Å². The van der Waals surface area contributed by atoms with E-state index in [4.69, 9.17) is 0 Å². The van der Waals surface area contributed by atoms with Crippen LogP contribution in [0.2, 0.25) is 0 Å². The maximum absolute atomic E-state index is 14.0. The normalized spacial score (nSPS) is 17.5. The van der Waals surface area contributed by atoms with Crippen LogP contribution >= 0.6 is 0 Å². The molecular formula is C34H45N12O3. The fourth-order valence-corrected chi connectivity index (χ4v) is 4.93. The van der Waals surface area contributed by atoms with Gasteiger partial charge in [-0.05, 0) is 104 Å². The zero-order chi connectivity index (χ0) is 35.9. The Morgan fingerprint density at radius 2 is 0.837 bits per heavy atom. The van der Waals surface area contributed by atoms with Crippen molar-refractivity contribution in [2.75, 3.05) is 10.0 Å². The number of hydrogen-bond acceptors (Lipinski definition) is 6. The number of hydrazone groups is 3. The average molecular weight is 670 g/mol. The minimum absolute atomic E-state index is 0.155. The van der Waals surface area contributed by atoms with Crippen molar-refractivity contribution in [3.05, 3.63) is 59.7 Å². The highest BCUT2D eigenvalue weighted by atomic mass is 16.2. The summed E-state index contributed by atoms with van der Waals surface area (Å²) in [5, 5.41) is 22.0. The Hall–Kier alpha value is -5.34. The van der Waals surface area contributed by atoms with E-state index in [0.29, 0.717) is 40.0 Å². The third kappa shape index (κ3) is 6.96. The van der Waals surface area contributed by atoms with Crippen LogP contribution in [0.1, 0.15) is 87.3 Å². The third-order valence-electron chi connectivity index (χ3n) is 7.71. The van der Waals surface area contributed by atoms with Crippen molar-refractivity contribution in [2.45, 2.75) is 100 Å². The van der Waals surface area contributed by atoms with Gasteiger partial charge >= 0.3 is 18.1 Å². The number of nitrogens with zero attached hydrogens (tertiary/aromatic N) is 12. The number of urea groups is 3. The predicted molar refractivity (Wildman–Crippen MR) is 188 cm³/mol. The molecule has 3 heterocycles. The van der Waals surface area contributed by atoms with E-state index in [1.54, 1.807) is 48.5 Å². The second-order valence-corrected chi connectivity index (χ2v) is 14.1. The minimum atomic E-state index is -0.483. The molecule has 3 aliphatic heterocycles. The van der Waals surface area contributed by atoms with Crippen LogP contribution in [0.3, 0.4) is 0 Å². The molecule has 0 aliphatic carbocycles. The van der Waals surface area contributed by atoms with E-state index < -0.39 is 11.4 Å². The molecule has 0 unspecified atom stereocenters. The smallest absolute Gasteiger partial charge is 0.244 e. The van der Waals surface area contributed by atoms with Crippen LogP contribution in [0.4, 0.5) is 25.8 Å². The molecule has 15 heteroatoms. The van der Waals surface area contributed by atoms with Gasteiger partial charge in [0.25, 0.3) is 0 Å². The Balaban J connectivity index is 1.43. The highest BCUT2D eigenvalue weighted by Crippen LogP contribution is 2.29.